The van der Waals surface area contributed by atoms with E-state index in [4.69, 9.17) is 0 Å². The maximum absolute atomic E-state index is 12.9. The Balaban J connectivity index is 2.39. The summed E-state index contributed by atoms with van der Waals surface area (Å²) in [5.41, 5.74) is 1.21. The summed E-state index contributed by atoms with van der Waals surface area (Å²) >= 11 is 0. The van der Waals surface area contributed by atoms with Gasteiger partial charge >= 0.3 is 6.18 Å². The summed E-state index contributed by atoms with van der Waals surface area (Å²) in [6, 6.07) is 9.02. The Kier molecular flexibility index (Phi) is 3.24. The van der Waals surface area contributed by atoms with Crippen LogP contribution in [0.4, 0.5) is 13.2 Å². The van der Waals surface area contributed by atoms with Crippen LogP contribution in [0, 0.1) is 0 Å². The van der Waals surface area contributed by atoms with Crippen LogP contribution in [0.15, 0.2) is 36.4 Å². The second-order valence-corrected chi connectivity index (χ2v) is 5.26. The fraction of sp³-hybridized carbons (Fsp3) is 0.235. The number of halogens is 3. The van der Waals surface area contributed by atoms with Crippen LogP contribution in [0.25, 0.3) is 21.8 Å². The van der Waals surface area contributed by atoms with Crippen LogP contribution >= 0.6 is 0 Å². The highest BCUT2D eigenvalue weighted by molar-refractivity contribution is 6.10. The first-order chi connectivity index (χ1) is 10.3. The molecular formula is C17H14F3NO. The van der Waals surface area contributed by atoms with Crippen molar-refractivity contribution in [3.8, 4) is 0 Å². The van der Waals surface area contributed by atoms with E-state index in [2.05, 4.69) is 0 Å². The third-order valence-corrected chi connectivity index (χ3v) is 3.92. The van der Waals surface area contributed by atoms with E-state index in [0.717, 1.165) is 22.4 Å². The molecule has 0 aliphatic carbocycles. The maximum atomic E-state index is 12.9. The number of hydrogen-bond donors (Lipinski definition) is 0. The van der Waals surface area contributed by atoms with Crippen molar-refractivity contribution in [2.75, 3.05) is 0 Å². The number of ketones is 1. The number of alkyl halides is 3. The Hall–Kier alpha value is -2.30. The Labute approximate surface area is 125 Å². The number of hydrogen-bond acceptors (Lipinski definition) is 1. The molecule has 0 fully saturated rings. The van der Waals surface area contributed by atoms with Gasteiger partial charge in [0.1, 0.15) is 0 Å². The summed E-state index contributed by atoms with van der Waals surface area (Å²) in [5, 5.41) is 1.62. The zero-order chi connectivity index (χ0) is 16.1. The van der Waals surface area contributed by atoms with Gasteiger partial charge in [0.2, 0.25) is 0 Å². The number of benzene rings is 2. The van der Waals surface area contributed by atoms with E-state index in [1.807, 2.05) is 11.5 Å². The van der Waals surface area contributed by atoms with Gasteiger partial charge in [0.05, 0.1) is 5.56 Å². The van der Waals surface area contributed by atoms with Crippen molar-refractivity contribution in [3.05, 3.63) is 47.5 Å². The summed E-state index contributed by atoms with van der Waals surface area (Å²) in [4.78, 5) is 11.5. The van der Waals surface area contributed by atoms with E-state index in [0.29, 0.717) is 17.6 Å². The minimum atomic E-state index is -4.37. The van der Waals surface area contributed by atoms with Crippen molar-refractivity contribution < 1.29 is 18.0 Å². The first kappa shape index (κ1) is 14.6. The molecule has 0 saturated heterocycles. The maximum Gasteiger partial charge on any atom is 0.416 e. The van der Waals surface area contributed by atoms with E-state index in [-0.39, 0.29) is 5.78 Å². The Morgan fingerprint density at radius 1 is 1.05 bits per heavy atom. The van der Waals surface area contributed by atoms with Crippen molar-refractivity contribution in [2.24, 2.45) is 0 Å². The van der Waals surface area contributed by atoms with Crippen LogP contribution in [0.2, 0.25) is 0 Å². The zero-order valence-corrected chi connectivity index (χ0v) is 12.2. The van der Waals surface area contributed by atoms with E-state index >= 15 is 0 Å². The molecule has 2 aromatic carbocycles. The summed E-state index contributed by atoms with van der Waals surface area (Å²) in [5.74, 6) is -0.0641. The molecule has 0 atom stereocenters. The molecule has 3 rings (SSSR count). The highest BCUT2D eigenvalue weighted by Gasteiger charge is 2.31. The molecule has 0 spiro atoms. The molecule has 0 bridgehead atoms. The minimum absolute atomic E-state index is 0.0641. The van der Waals surface area contributed by atoms with Gasteiger partial charge in [-0.15, -0.1) is 0 Å². The summed E-state index contributed by atoms with van der Waals surface area (Å²) in [6.45, 7) is 3.88. The normalized spacial score (nSPS) is 12.2. The second kappa shape index (κ2) is 4.87. The average Bonchev–Trinajstić information content (AvgIpc) is 2.78. The highest BCUT2D eigenvalue weighted by atomic mass is 19.4. The fourth-order valence-corrected chi connectivity index (χ4v) is 2.83. The molecule has 0 aliphatic heterocycles. The topological polar surface area (TPSA) is 22.0 Å². The molecule has 0 amide bonds. The first-order valence-corrected chi connectivity index (χ1v) is 6.97. The number of carbonyl (C=O) groups is 1. The molecule has 1 aromatic heterocycles. The predicted octanol–water partition coefficient (Wildman–Crippen LogP) is 5.04. The molecule has 2 nitrogen and oxygen atoms in total. The third kappa shape index (κ3) is 2.17. The van der Waals surface area contributed by atoms with Gasteiger partial charge in [0, 0.05) is 33.9 Å². The van der Waals surface area contributed by atoms with Crippen molar-refractivity contribution in [1.29, 1.82) is 0 Å². The number of aromatic nitrogens is 1. The molecule has 0 N–H and O–H groups in total. The molecule has 5 heteroatoms. The van der Waals surface area contributed by atoms with Gasteiger partial charge in [0.25, 0.3) is 0 Å². The molecule has 1 heterocycles. The molecule has 0 saturated carbocycles. The molecule has 0 radical (unpaired) electrons. The lowest BCUT2D eigenvalue weighted by Crippen LogP contribution is -2.05. The molecule has 0 aliphatic rings. The first-order valence-electron chi connectivity index (χ1n) is 6.97. The third-order valence-electron chi connectivity index (χ3n) is 3.92. The highest BCUT2D eigenvalue weighted by Crippen LogP contribution is 2.35. The molecular weight excluding hydrogens is 291 g/mol. The average molecular weight is 305 g/mol. The van der Waals surface area contributed by atoms with Crippen molar-refractivity contribution in [2.45, 2.75) is 26.6 Å². The standard InChI is InChI=1S/C17H14F3NO/c1-3-21-15-8-11(10(2)22)4-6-13(15)14-7-5-12(9-16(14)21)17(18,19)20/h4-9H,3H2,1-2H3. The van der Waals surface area contributed by atoms with Crippen LogP contribution in [-0.2, 0) is 12.7 Å². The van der Waals surface area contributed by atoms with E-state index in [1.54, 1.807) is 18.2 Å². The second-order valence-electron chi connectivity index (χ2n) is 5.26. The number of carbonyl (C=O) groups excluding carboxylic acids is 1. The van der Waals surface area contributed by atoms with Gasteiger partial charge in [-0.05, 0) is 32.0 Å². The molecule has 0 unspecified atom stereocenters. The lowest BCUT2D eigenvalue weighted by molar-refractivity contribution is -0.137. The molecule has 114 valence electrons. The quantitative estimate of drug-likeness (QED) is 0.608. The van der Waals surface area contributed by atoms with Gasteiger partial charge in [-0.25, -0.2) is 0 Å². The van der Waals surface area contributed by atoms with Gasteiger partial charge in [0.15, 0.2) is 5.78 Å². The van der Waals surface area contributed by atoms with Gasteiger partial charge < -0.3 is 4.57 Å². The van der Waals surface area contributed by atoms with Crippen molar-refractivity contribution in [3.63, 3.8) is 0 Å². The number of Topliss-reactive ketones (excluding diaryl/α,β-unsaturated/α-hetero) is 1. The molecule has 22 heavy (non-hydrogen) atoms. The van der Waals surface area contributed by atoms with E-state index < -0.39 is 11.7 Å². The Bertz CT molecular complexity index is 890. The van der Waals surface area contributed by atoms with Crippen LogP contribution < -0.4 is 0 Å². The lowest BCUT2D eigenvalue weighted by atomic mass is 10.1. The van der Waals surface area contributed by atoms with Crippen molar-refractivity contribution >= 4 is 27.6 Å². The fourth-order valence-electron chi connectivity index (χ4n) is 2.83. The smallest absolute Gasteiger partial charge is 0.341 e. The van der Waals surface area contributed by atoms with Crippen LogP contribution in [0.3, 0.4) is 0 Å². The zero-order valence-electron chi connectivity index (χ0n) is 12.2. The van der Waals surface area contributed by atoms with Gasteiger partial charge in [-0.3, -0.25) is 4.79 Å². The lowest BCUT2D eigenvalue weighted by Gasteiger charge is -2.08. The van der Waals surface area contributed by atoms with Crippen molar-refractivity contribution in [1.82, 2.24) is 4.57 Å². The van der Waals surface area contributed by atoms with Crippen LogP contribution in [-0.4, -0.2) is 10.4 Å². The Morgan fingerprint density at radius 3 is 2.18 bits per heavy atom. The number of nitrogens with zero attached hydrogens (tertiary/aromatic N) is 1. The van der Waals surface area contributed by atoms with Crippen LogP contribution in [0.1, 0.15) is 29.8 Å². The SMILES string of the molecule is CCn1c2cc(C(C)=O)ccc2c2ccc(C(F)(F)F)cc21. The monoisotopic (exact) mass is 305 g/mol. The minimum Gasteiger partial charge on any atom is -0.341 e. The molecule has 3 aromatic rings. The predicted molar refractivity (Wildman–Crippen MR) is 80.1 cm³/mol. The number of aryl methyl sites for hydroxylation is 1. The largest absolute Gasteiger partial charge is 0.416 e. The van der Waals surface area contributed by atoms with E-state index in [1.165, 1.54) is 19.1 Å². The summed E-state index contributed by atoms with van der Waals surface area (Å²) in [7, 11) is 0. The Morgan fingerprint density at radius 2 is 1.64 bits per heavy atom. The van der Waals surface area contributed by atoms with Crippen LogP contribution in [0.5, 0.6) is 0 Å². The van der Waals surface area contributed by atoms with Gasteiger partial charge in [-0.2, -0.15) is 13.2 Å². The van der Waals surface area contributed by atoms with Gasteiger partial charge in [-0.1, -0.05) is 18.2 Å². The number of fused-ring (bicyclic) bond motifs is 3. The summed E-state index contributed by atoms with van der Waals surface area (Å²) < 4.78 is 40.6. The number of rotatable bonds is 2. The van der Waals surface area contributed by atoms with E-state index in [9.17, 15) is 18.0 Å². The summed E-state index contributed by atoms with van der Waals surface area (Å²) in [6.07, 6.45) is -4.37.